The minimum Gasteiger partial charge on any atom is -0.457 e. The molecule has 1 fully saturated rings. The summed E-state index contributed by atoms with van der Waals surface area (Å²) in [6.07, 6.45) is -6.78. The number of ether oxygens (including phenoxy) is 5. The second-order valence-electron chi connectivity index (χ2n) is 13.2. The second kappa shape index (κ2) is 11.0. The van der Waals surface area contributed by atoms with E-state index in [1.54, 1.807) is 83.1 Å². The van der Waals surface area contributed by atoms with Crippen molar-refractivity contribution in [3.05, 3.63) is 0 Å². The van der Waals surface area contributed by atoms with Crippen LogP contribution in [0.4, 0.5) is 0 Å². The molecule has 0 aliphatic carbocycles. The number of rotatable bonds is 6. The fourth-order valence-corrected chi connectivity index (χ4v) is 2.71. The van der Waals surface area contributed by atoms with Crippen molar-refractivity contribution in [3.63, 3.8) is 0 Å². The van der Waals surface area contributed by atoms with Gasteiger partial charge in [0.25, 0.3) is 0 Å². The summed E-state index contributed by atoms with van der Waals surface area (Å²) in [6.45, 7) is 18.9. The molecule has 1 N–H and O–H groups in total. The van der Waals surface area contributed by atoms with E-state index in [9.17, 15) is 24.3 Å². The summed E-state index contributed by atoms with van der Waals surface area (Å²) in [7, 11) is 0. The van der Waals surface area contributed by atoms with Crippen LogP contribution in [0.3, 0.4) is 0 Å². The van der Waals surface area contributed by atoms with E-state index >= 15 is 0 Å². The Morgan fingerprint density at radius 3 is 1.36 bits per heavy atom. The monoisotopic (exact) mass is 516 g/mol. The quantitative estimate of drug-likeness (QED) is 0.414. The summed E-state index contributed by atoms with van der Waals surface area (Å²) >= 11 is 0. The van der Waals surface area contributed by atoms with Crippen LogP contribution in [0.5, 0.6) is 0 Å². The summed E-state index contributed by atoms with van der Waals surface area (Å²) in [5, 5.41) is 10.1. The van der Waals surface area contributed by atoms with Gasteiger partial charge in [-0.15, -0.1) is 0 Å². The van der Waals surface area contributed by atoms with E-state index in [1.807, 2.05) is 0 Å². The maximum atomic E-state index is 12.9. The van der Waals surface area contributed by atoms with Gasteiger partial charge in [-0.1, -0.05) is 0 Å². The smallest absolute Gasteiger partial charge is 0.313 e. The van der Waals surface area contributed by atoms with E-state index in [1.165, 1.54) is 0 Å². The van der Waals surface area contributed by atoms with E-state index in [4.69, 9.17) is 23.7 Å². The van der Waals surface area contributed by atoms with Crippen molar-refractivity contribution >= 4 is 23.9 Å². The summed E-state index contributed by atoms with van der Waals surface area (Å²) < 4.78 is 28.4. The molecule has 208 valence electrons. The Morgan fingerprint density at radius 2 is 1.00 bits per heavy atom. The molecule has 0 amide bonds. The molecule has 1 aliphatic rings. The second-order valence-corrected chi connectivity index (χ2v) is 13.2. The Labute approximate surface area is 214 Å². The van der Waals surface area contributed by atoms with Crippen molar-refractivity contribution in [1.29, 1.82) is 0 Å². The first-order chi connectivity index (χ1) is 16.0. The first kappa shape index (κ1) is 31.8. The lowest BCUT2D eigenvalue weighted by molar-refractivity contribution is -0.213. The SMILES string of the molecule is CC(C)(C)C(=O)O[C@H]1O[C@@H]([C@@H](CO)OC(=O)C(C)(C)C)[C@H](OC(=O)C(C)(C)C)[C@H]1OC(=O)C(C)(C)C. The Bertz CT molecular complexity index is 820. The predicted molar refractivity (Wildman–Crippen MR) is 129 cm³/mol. The third-order valence-electron chi connectivity index (χ3n) is 5.17. The highest BCUT2D eigenvalue weighted by molar-refractivity contribution is 5.78. The molecule has 0 aromatic heterocycles. The number of hydrogen-bond acceptors (Lipinski definition) is 10. The molecule has 10 heteroatoms. The first-order valence-electron chi connectivity index (χ1n) is 12.1. The van der Waals surface area contributed by atoms with E-state index in [0.29, 0.717) is 0 Å². The van der Waals surface area contributed by atoms with Gasteiger partial charge in [0.05, 0.1) is 28.3 Å². The van der Waals surface area contributed by atoms with Gasteiger partial charge < -0.3 is 28.8 Å². The first-order valence-corrected chi connectivity index (χ1v) is 12.1. The zero-order chi connectivity index (χ0) is 28.4. The normalized spacial score (nSPS) is 24.0. The van der Waals surface area contributed by atoms with Crippen LogP contribution in [0.15, 0.2) is 0 Å². The maximum absolute atomic E-state index is 12.9. The standard InChI is InChI=1S/C26H44O10/c1-23(2,3)19(28)32-14(13-27)15-16(34-20(29)24(4,5)6)17(35-21(30)25(7,8)9)18(33-15)36-22(31)26(10,11)12/h14-18,27H,13H2,1-12H3/t14-,15+,16+,17-,18-/m1/s1. The topological polar surface area (TPSA) is 135 Å². The fourth-order valence-electron chi connectivity index (χ4n) is 2.71. The van der Waals surface area contributed by atoms with Crippen LogP contribution in [0.25, 0.3) is 0 Å². The van der Waals surface area contributed by atoms with Crippen molar-refractivity contribution in [2.45, 2.75) is 114 Å². The average Bonchev–Trinajstić information content (AvgIpc) is 2.99. The highest BCUT2D eigenvalue weighted by Crippen LogP contribution is 2.35. The molecule has 0 radical (unpaired) electrons. The summed E-state index contributed by atoms with van der Waals surface area (Å²) in [5.74, 6) is -2.60. The largest absolute Gasteiger partial charge is 0.457 e. The van der Waals surface area contributed by atoms with Crippen molar-refractivity contribution in [1.82, 2.24) is 0 Å². The van der Waals surface area contributed by atoms with Crippen LogP contribution < -0.4 is 0 Å². The van der Waals surface area contributed by atoms with Gasteiger partial charge in [-0.05, 0) is 83.1 Å². The number of esters is 4. The van der Waals surface area contributed by atoms with Crippen LogP contribution in [0.2, 0.25) is 0 Å². The van der Waals surface area contributed by atoms with Crippen molar-refractivity contribution in [2.75, 3.05) is 6.61 Å². The Kier molecular flexibility index (Phi) is 9.77. The molecule has 0 unspecified atom stereocenters. The third-order valence-corrected chi connectivity index (χ3v) is 5.17. The molecule has 36 heavy (non-hydrogen) atoms. The molecule has 0 bridgehead atoms. The van der Waals surface area contributed by atoms with Gasteiger partial charge in [0.15, 0.2) is 12.2 Å². The highest BCUT2D eigenvalue weighted by atomic mass is 16.8. The lowest BCUT2D eigenvalue weighted by Gasteiger charge is -2.31. The molecule has 1 heterocycles. The molecule has 1 rings (SSSR count). The molecule has 5 atom stereocenters. The summed E-state index contributed by atoms with van der Waals surface area (Å²) in [4.78, 5) is 51.0. The van der Waals surface area contributed by atoms with E-state index in [2.05, 4.69) is 0 Å². The van der Waals surface area contributed by atoms with E-state index in [-0.39, 0.29) is 0 Å². The number of hydrogen-bond donors (Lipinski definition) is 1. The number of carbonyl (C=O) groups excluding carboxylic acids is 4. The minimum absolute atomic E-state index is 0.635. The summed E-state index contributed by atoms with van der Waals surface area (Å²) in [6, 6.07) is 0. The van der Waals surface area contributed by atoms with Crippen LogP contribution in [-0.4, -0.2) is 66.3 Å². The minimum atomic E-state index is -1.48. The number of aliphatic hydroxyl groups excluding tert-OH is 1. The molecule has 0 aromatic carbocycles. The zero-order valence-corrected chi connectivity index (χ0v) is 23.7. The lowest BCUT2D eigenvalue weighted by atomic mass is 9.95. The Hall–Kier alpha value is -2.20. The van der Waals surface area contributed by atoms with Crippen LogP contribution in [-0.2, 0) is 42.9 Å². The Morgan fingerprint density at radius 1 is 0.639 bits per heavy atom. The molecule has 0 spiro atoms. The number of carbonyl (C=O) groups is 4. The zero-order valence-electron chi connectivity index (χ0n) is 23.7. The molecular formula is C26H44O10. The molecule has 1 aliphatic heterocycles. The van der Waals surface area contributed by atoms with Crippen LogP contribution in [0, 0.1) is 21.7 Å². The van der Waals surface area contributed by atoms with Gasteiger partial charge in [-0.2, -0.15) is 0 Å². The highest BCUT2D eigenvalue weighted by Gasteiger charge is 2.56. The molecule has 1 saturated heterocycles. The van der Waals surface area contributed by atoms with Gasteiger partial charge in [0.2, 0.25) is 12.4 Å². The van der Waals surface area contributed by atoms with Crippen molar-refractivity contribution < 1.29 is 48.0 Å². The van der Waals surface area contributed by atoms with Crippen LogP contribution >= 0.6 is 0 Å². The van der Waals surface area contributed by atoms with E-state index in [0.717, 1.165) is 0 Å². The lowest BCUT2D eigenvalue weighted by Crippen LogP contribution is -2.49. The molecule has 0 saturated carbocycles. The molecular weight excluding hydrogens is 472 g/mol. The maximum Gasteiger partial charge on any atom is 0.313 e. The van der Waals surface area contributed by atoms with Gasteiger partial charge in [0, 0.05) is 0 Å². The van der Waals surface area contributed by atoms with Gasteiger partial charge in [0.1, 0.15) is 6.10 Å². The fraction of sp³-hybridized carbons (Fsp3) is 0.846. The van der Waals surface area contributed by atoms with Gasteiger partial charge in [-0.25, -0.2) is 0 Å². The molecule has 0 aromatic rings. The number of aliphatic hydroxyl groups is 1. The van der Waals surface area contributed by atoms with Crippen molar-refractivity contribution in [3.8, 4) is 0 Å². The average molecular weight is 517 g/mol. The summed E-state index contributed by atoms with van der Waals surface area (Å²) in [5.41, 5.74) is -3.71. The van der Waals surface area contributed by atoms with Gasteiger partial charge >= 0.3 is 23.9 Å². The van der Waals surface area contributed by atoms with E-state index < -0.39 is 82.8 Å². The predicted octanol–water partition coefficient (Wildman–Crippen LogP) is 3.17. The Balaban J connectivity index is 3.54. The third kappa shape index (κ3) is 8.44. The van der Waals surface area contributed by atoms with Gasteiger partial charge in [-0.3, -0.25) is 19.2 Å². The van der Waals surface area contributed by atoms with Crippen molar-refractivity contribution in [2.24, 2.45) is 21.7 Å². The van der Waals surface area contributed by atoms with Crippen LogP contribution in [0.1, 0.15) is 83.1 Å². The molecule has 10 nitrogen and oxygen atoms in total.